The Labute approximate surface area is 94.1 Å². The molecule has 3 rings (SSSR count). The highest BCUT2D eigenvalue weighted by Crippen LogP contribution is 2.80. The Kier molecular flexibility index (Phi) is 1.67. The summed E-state index contributed by atoms with van der Waals surface area (Å²) in [5.74, 6) is 0.937. The summed E-state index contributed by atoms with van der Waals surface area (Å²) in [6, 6.07) is 0. The third-order valence-electron chi connectivity index (χ3n) is 6.20. The van der Waals surface area contributed by atoms with Gasteiger partial charge in [-0.15, -0.1) is 0 Å². The summed E-state index contributed by atoms with van der Waals surface area (Å²) in [5, 5.41) is 0. The predicted octanol–water partition coefficient (Wildman–Crippen LogP) is 4.56. The second kappa shape index (κ2) is 2.52. The van der Waals surface area contributed by atoms with E-state index in [9.17, 15) is 0 Å². The van der Waals surface area contributed by atoms with E-state index in [-0.39, 0.29) is 0 Å². The molecule has 0 saturated heterocycles. The molecule has 3 atom stereocenters. The van der Waals surface area contributed by atoms with Gasteiger partial charge in [0.25, 0.3) is 0 Å². The summed E-state index contributed by atoms with van der Waals surface area (Å²) in [7, 11) is 0. The highest BCUT2D eigenvalue weighted by Gasteiger charge is 2.72. The second-order valence-electron chi connectivity index (χ2n) is 7.18. The molecule has 0 heterocycles. The molecule has 2 fully saturated rings. The lowest BCUT2D eigenvalue weighted by Gasteiger charge is -2.54. The Morgan fingerprint density at radius 1 is 1.20 bits per heavy atom. The van der Waals surface area contributed by atoms with Crippen LogP contribution in [0.4, 0.5) is 0 Å². The molecular formula is C15H24. The van der Waals surface area contributed by atoms with Crippen molar-refractivity contribution in [2.75, 3.05) is 0 Å². The summed E-state index contributed by atoms with van der Waals surface area (Å²) >= 11 is 0. The highest BCUT2D eigenvalue weighted by molar-refractivity contribution is 5.33. The van der Waals surface area contributed by atoms with Crippen molar-refractivity contribution in [1.82, 2.24) is 0 Å². The van der Waals surface area contributed by atoms with E-state index < -0.39 is 0 Å². The molecule has 2 saturated carbocycles. The fourth-order valence-electron chi connectivity index (χ4n) is 5.22. The zero-order chi connectivity index (χ0) is 10.9. The van der Waals surface area contributed by atoms with Crippen LogP contribution in [0.1, 0.15) is 59.8 Å². The van der Waals surface area contributed by atoms with Crippen molar-refractivity contribution in [2.24, 2.45) is 22.2 Å². The average molecular weight is 204 g/mol. The molecule has 15 heavy (non-hydrogen) atoms. The van der Waals surface area contributed by atoms with E-state index in [1.807, 2.05) is 0 Å². The Bertz CT molecular complexity index is 336. The van der Waals surface area contributed by atoms with Crippen LogP contribution in [0, 0.1) is 22.2 Å². The van der Waals surface area contributed by atoms with Crippen LogP contribution in [0.5, 0.6) is 0 Å². The van der Waals surface area contributed by atoms with Gasteiger partial charge in [-0.05, 0) is 54.8 Å². The zero-order valence-corrected chi connectivity index (χ0v) is 10.7. The molecule has 0 nitrogen and oxygen atoms in total. The van der Waals surface area contributed by atoms with Crippen molar-refractivity contribution in [1.29, 1.82) is 0 Å². The van der Waals surface area contributed by atoms with Crippen molar-refractivity contribution in [3.63, 3.8) is 0 Å². The Morgan fingerprint density at radius 2 is 1.93 bits per heavy atom. The fraction of sp³-hybridized carbons (Fsp3) is 0.867. The molecule has 0 unspecified atom stereocenters. The minimum absolute atomic E-state index is 0.584. The highest BCUT2D eigenvalue weighted by atomic mass is 14.8. The van der Waals surface area contributed by atoms with E-state index in [0.717, 1.165) is 5.92 Å². The first kappa shape index (κ1) is 9.93. The van der Waals surface area contributed by atoms with Gasteiger partial charge >= 0.3 is 0 Å². The maximum absolute atomic E-state index is 2.57. The van der Waals surface area contributed by atoms with E-state index in [4.69, 9.17) is 0 Å². The number of rotatable bonds is 0. The summed E-state index contributed by atoms with van der Waals surface area (Å²) in [5.41, 5.74) is 3.58. The largest absolute Gasteiger partial charge is 0.0847 e. The van der Waals surface area contributed by atoms with Gasteiger partial charge in [0.05, 0.1) is 0 Å². The Hall–Kier alpha value is -0.260. The number of allylic oxidation sites excluding steroid dienone is 2. The molecule has 0 aliphatic heterocycles. The maximum Gasteiger partial charge on any atom is -0.0118 e. The smallest absolute Gasteiger partial charge is 0.0118 e. The van der Waals surface area contributed by atoms with Crippen LogP contribution < -0.4 is 0 Å². The third-order valence-corrected chi connectivity index (χ3v) is 6.20. The van der Waals surface area contributed by atoms with Gasteiger partial charge in [0, 0.05) is 0 Å². The Morgan fingerprint density at radius 3 is 2.67 bits per heavy atom. The van der Waals surface area contributed by atoms with Crippen LogP contribution in [0.3, 0.4) is 0 Å². The molecule has 3 aliphatic rings. The molecule has 0 aromatic rings. The quantitative estimate of drug-likeness (QED) is 0.507. The van der Waals surface area contributed by atoms with Crippen LogP contribution in [0.15, 0.2) is 11.6 Å². The predicted molar refractivity (Wildman–Crippen MR) is 64.7 cm³/mol. The maximum atomic E-state index is 2.57. The molecule has 0 aromatic heterocycles. The van der Waals surface area contributed by atoms with E-state index in [2.05, 4.69) is 33.8 Å². The van der Waals surface area contributed by atoms with E-state index in [0.29, 0.717) is 16.2 Å². The lowest BCUT2D eigenvalue weighted by molar-refractivity contribution is -0.0346. The lowest BCUT2D eigenvalue weighted by Crippen LogP contribution is -2.46. The first-order valence-corrected chi connectivity index (χ1v) is 6.60. The van der Waals surface area contributed by atoms with Crippen molar-refractivity contribution in [3.8, 4) is 0 Å². The van der Waals surface area contributed by atoms with Gasteiger partial charge in [-0.3, -0.25) is 0 Å². The van der Waals surface area contributed by atoms with Crippen LogP contribution in [0.2, 0.25) is 0 Å². The van der Waals surface area contributed by atoms with Gasteiger partial charge in [-0.2, -0.15) is 0 Å². The number of hydrogen-bond acceptors (Lipinski definition) is 0. The van der Waals surface area contributed by atoms with Crippen LogP contribution >= 0.6 is 0 Å². The topological polar surface area (TPSA) is 0 Å². The van der Waals surface area contributed by atoms with Crippen molar-refractivity contribution < 1.29 is 0 Å². The minimum atomic E-state index is 0.584. The van der Waals surface area contributed by atoms with Crippen molar-refractivity contribution >= 4 is 0 Å². The van der Waals surface area contributed by atoms with Gasteiger partial charge in [0.2, 0.25) is 0 Å². The van der Waals surface area contributed by atoms with Gasteiger partial charge in [-0.25, -0.2) is 0 Å². The Balaban J connectivity index is 2.10. The van der Waals surface area contributed by atoms with Gasteiger partial charge in [-0.1, -0.05) is 38.8 Å². The summed E-state index contributed by atoms with van der Waals surface area (Å²) in [6.07, 6.45) is 9.74. The standard InChI is InChI=1S/C15H24/c1-11-6-9-14(4)8-5-7-13(2,3)15(14)10-12(11)15/h6,12H,5,7-10H2,1-4H3/t12-,14-,15+/m0/s1. The lowest BCUT2D eigenvalue weighted by atomic mass is 9.50. The first-order valence-electron chi connectivity index (χ1n) is 6.60. The zero-order valence-electron chi connectivity index (χ0n) is 10.7. The first-order chi connectivity index (χ1) is 6.93. The normalized spacial score (nSPS) is 51.5. The van der Waals surface area contributed by atoms with E-state index >= 15 is 0 Å². The summed E-state index contributed by atoms with van der Waals surface area (Å²) in [6.45, 7) is 9.99. The minimum Gasteiger partial charge on any atom is -0.0847 e. The molecule has 84 valence electrons. The van der Waals surface area contributed by atoms with Gasteiger partial charge < -0.3 is 0 Å². The van der Waals surface area contributed by atoms with E-state index in [1.165, 1.54) is 32.1 Å². The molecule has 0 amide bonds. The van der Waals surface area contributed by atoms with E-state index in [1.54, 1.807) is 5.57 Å². The van der Waals surface area contributed by atoms with Crippen LogP contribution in [-0.2, 0) is 0 Å². The SMILES string of the molecule is CC1=CC[C@]2(C)CCCC(C)(C)[C@]23C[C@@H]13. The molecule has 0 heteroatoms. The number of hydrogen-bond donors (Lipinski definition) is 0. The molecular weight excluding hydrogens is 180 g/mol. The average Bonchev–Trinajstić information content (AvgIpc) is 2.88. The molecule has 3 aliphatic carbocycles. The van der Waals surface area contributed by atoms with Crippen LogP contribution in [0.25, 0.3) is 0 Å². The fourth-order valence-corrected chi connectivity index (χ4v) is 5.22. The van der Waals surface area contributed by atoms with Gasteiger partial charge in [0.1, 0.15) is 0 Å². The molecule has 0 N–H and O–H groups in total. The molecule has 0 radical (unpaired) electrons. The molecule has 0 bridgehead atoms. The molecule has 0 aromatic carbocycles. The summed E-state index contributed by atoms with van der Waals surface area (Å²) in [4.78, 5) is 0. The van der Waals surface area contributed by atoms with Crippen LogP contribution in [-0.4, -0.2) is 0 Å². The second-order valence-corrected chi connectivity index (χ2v) is 7.18. The van der Waals surface area contributed by atoms with Crippen molar-refractivity contribution in [2.45, 2.75) is 59.8 Å². The third kappa shape index (κ3) is 0.946. The van der Waals surface area contributed by atoms with Crippen molar-refractivity contribution in [3.05, 3.63) is 11.6 Å². The van der Waals surface area contributed by atoms with Gasteiger partial charge in [0.15, 0.2) is 0 Å². The molecule has 1 spiro atoms. The monoisotopic (exact) mass is 204 g/mol. The summed E-state index contributed by atoms with van der Waals surface area (Å²) < 4.78 is 0.